The second kappa shape index (κ2) is 15.8. The van der Waals surface area contributed by atoms with Crippen LogP contribution in [0.3, 0.4) is 0 Å². The topological polar surface area (TPSA) is 226 Å². The molecule has 0 saturated carbocycles. The van der Waals surface area contributed by atoms with Crippen molar-refractivity contribution in [2.75, 3.05) is 71.0 Å². The summed E-state index contributed by atoms with van der Waals surface area (Å²) < 4.78 is 33.2. The van der Waals surface area contributed by atoms with E-state index in [0.29, 0.717) is 5.69 Å². The highest BCUT2D eigenvalue weighted by Crippen LogP contribution is 2.12. The highest BCUT2D eigenvalue weighted by molar-refractivity contribution is 7.89. The van der Waals surface area contributed by atoms with E-state index in [1.54, 1.807) is 0 Å². The molecule has 0 radical (unpaired) electrons. The molecule has 15 nitrogen and oxygen atoms in total. The molecule has 1 aromatic rings. The minimum atomic E-state index is -3.87. The van der Waals surface area contributed by atoms with Gasteiger partial charge in [-0.3, -0.25) is 29.0 Å². The number of carbonyl (C=O) groups is 4. The monoisotopic (exact) mass is 534 g/mol. The molecule has 202 valence electrons. The van der Waals surface area contributed by atoms with Gasteiger partial charge in [0.1, 0.15) is 0 Å². The molecule has 0 bridgehead atoms. The third-order valence-electron chi connectivity index (χ3n) is 4.39. The molecule has 6 N–H and O–H groups in total. The van der Waals surface area contributed by atoms with E-state index >= 15 is 0 Å². The van der Waals surface area contributed by atoms with Crippen LogP contribution in [0.5, 0.6) is 0 Å². The van der Waals surface area contributed by atoms with Crippen LogP contribution in [-0.2, 0) is 38.7 Å². The number of anilines is 1. The summed E-state index contributed by atoms with van der Waals surface area (Å²) in [4.78, 5) is 47.3. The van der Waals surface area contributed by atoms with Crippen LogP contribution in [0.2, 0.25) is 0 Å². The van der Waals surface area contributed by atoms with E-state index in [0.717, 1.165) is 0 Å². The fraction of sp³-hybridized carbons (Fsp3) is 0.500. The summed E-state index contributed by atoms with van der Waals surface area (Å²) >= 11 is 0. The van der Waals surface area contributed by atoms with Gasteiger partial charge >= 0.3 is 17.9 Å². The van der Waals surface area contributed by atoms with Crippen molar-refractivity contribution in [3.8, 4) is 0 Å². The Morgan fingerprint density at radius 3 is 1.56 bits per heavy atom. The summed E-state index contributed by atoms with van der Waals surface area (Å²) in [6, 6.07) is 5.16. The number of nitrogens with zero attached hydrogens (tertiary/aromatic N) is 2. The number of sulfonamides is 1. The maximum atomic E-state index is 12.3. The van der Waals surface area contributed by atoms with Crippen LogP contribution in [0.15, 0.2) is 29.2 Å². The highest BCUT2D eigenvalue weighted by Gasteiger charge is 2.15. The summed E-state index contributed by atoms with van der Waals surface area (Å²) in [5.74, 6) is -3.97. The molecule has 0 saturated heterocycles. The van der Waals surface area contributed by atoms with Gasteiger partial charge in [0.05, 0.1) is 57.5 Å². The van der Waals surface area contributed by atoms with Crippen molar-refractivity contribution in [3.63, 3.8) is 0 Å². The molecule has 1 rings (SSSR count). The third kappa shape index (κ3) is 14.3. The zero-order valence-corrected chi connectivity index (χ0v) is 20.2. The van der Waals surface area contributed by atoms with E-state index in [4.69, 9.17) is 29.9 Å². The van der Waals surface area contributed by atoms with E-state index in [-0.39, 0.29) is 51.0 Å². The molecule has 0 aromatic heterocycles. The van der Waals surface area contributed by atoms with Gasteiger partial charge in [-0.15, -0.1) is 0 Å². The molecular weight excluding hydrogens is 504 g/mol. The van der Waals surface area contributed by atoms with Crippen LogP contribution in [0.4, 0.5) is 5.69 Å². The molecule has 36 heavy (non-hydrogen) atoms. The molecule has 0 aliphatic carbocycles. The number of amides is 1. The van der Waals surface area contributed by atoms with Gasteiger partial charge < -0.3 is 30.1 Å². The SMILES string of the molecule is NS(=O)(=O)c1ccc(NC(=O)CN(CCOCCOCCN(CC(=O)O)CC(=O)O)CC(=O)O)cc1. The number of aliphatic carboxylic acids is 3. The zero-order chi connectivity index (χ0) is 27.1. The number of hydrogen-bond donors (Lipinski definition) is 5. The van der Waals surface area contributed by atoms with Crippen molar-refractivity contribution >= 4 is 39.5 Å². The first-order valence-electron chi connectivity index (χ1n) is 10.5. The van der Waals surface area contributed by atoms with Crippen molar-refractivity contribution < 1.29 is 52.4 Å². The molecular formula is C20H30N4O11S. The number of carboxylic acid groups (broad SMARTS) is 3. The van der Waals surface area contributed by atoms with Gasteiger partial charge in [-0.1, -0.05) is 0 Å². The quantitative estimate of drug-likeness (QED) is 0.123. The number of primary sulfonamides is 1. The van der Waals surface area contributed by atoms with Crippen LogP contribution in [0.1, 0.15) is 0 Å². The van der Waals surface area contributed by atoms with E-state index in [2.05, 4.69) is 5.32 Å². The van der Waals surface area contributed by atoms with Gasteiger partial charge in [-0.25, -0.2) is 13.6 Å². The number of carbonyl (C=O) groups excluding carboxylic acids is 1. The second-order valence-electron chi connectivity index (χ2n) is 7.44. The van der Waals surface area contributed by atoms with Gasteiger partial charge in [0.25, 0.3) is 0 Å². The Labute approximate surface area is 207 Å². The lowest BCUT2D eigenvalue weighted by atomic mass is 10.3. The first-order valence-corrected chi connectivity index (χ1v) is 12.1. The van der Waals surface area contributed by atoms with Gasteiger partial charge in [0.2, 0.25) is 15.9 Å². The summed E-state index contributed by atoms with van der Waals surface area (Å²) in [5.41, 5.74) is 0.307. The van der Waals surface area contributed by atoms with Crippen molar-refractivity contribution in [1.82, 2.24) is 9.80 Å². The molecule has 0 spiro atoms. The molecule has 0 aliphatic rings. The van der Waals surface area contributed by atoms with Crippen LogP contribution >= 0.6 is 0 Å². The number of nitrogens with one attached hydrogen (secondary N) is 1. The first-order chi connectivity index (χ1) is 16.9. The predicted molar refractivity (Wildman–Crippen MR) is 124 cm³/mol. The fourth-order valence-corrected chi connectivity index (χ4v) is 3.36. The minimum Gasteiger partial charge on any atom is -0.480 e. The average Bonchev–Trinajstić information content (AvgIpc) is 2.73. The van der Waals surface area contributed by atoms with Gasteiger partial charge in [-0.2, -0.15) is 0 Å². The predicted octanol–water partition coefficient (Wildman–Crippen LogP) is -1.84. The van der Waals surface area contributed by atoms with E-state index in [1.807, 2.05) is 0 Å². The van der Waals surface area contributed by atoms with Crippen molar-refractivity contribution in [2.24, 2.45) is 5.14 Å². The van der Waals surface area contributed by atoms with Gasteiger partial charge in [0, 0.05) is 18.8 Å². The van der Waals surface area contributed by atoms with Crippen molar-refractivity contribution in [3.05, 3.63) is 24.3 Å². The fourth-order valence-electron chi connectivity index (χ4n) is 2.84. The van der Waals surface area contributed by atoms with Crippen LogP contribution in [0, 0.1) is 0 Å². The van der Waals surface area contributed by atoms with Crippen molar-refractivity contribution in [2.45, 2.75) is 4.90 Å². The summed E-state index contributed by atoms with van der Waals surface area (Å²) in [7, 11) is -3.87. The number of ether oxygens (including phenoxy) is 2. The number of hydrogen-bond acceptors (Lipinski definition) is 10. The molecule has 0 heterocycles. The lowest BCUT2D eigenvalue weighted by molar-refractivity contribution is -0.142. The lowest BCUT2D eigenvalue weighted by Crippen LogP contribution is -2.39. The molecule has 0 atom stereocenters. The Hall–Kier alpha value is -3.15. The minimum absolute atomic E-state index is 0.0907. The van der Waals surface area contributed by atoms with Gasteiger partial charge in [-0.05, 0) is 24.3 Å². The summed E-state index contributed by atoms with van der Waals surface area (Å²) in [5, 5.41) is 34.2. The standard InChI is InChI=1S/C20H30N4O11S/c21-36(32,33)16-3-1-15(2-4-16)22-17(25)11-23(12-18(26)27)5-7-34-9-10-35-8-6-24(13-19(28)29)14-20(30)31/h1-4H,5-14H2,(H,22,25)(H,26,27)(H,28,29)(H,30,31)(H2,21,32,33). The molecule has 0 aliphatic heterocycles. The molecule has 0 fully saturated rings. The Balaban J connectivity index is 2.36. The molecule has 0 unspecified atom stereocenters. The maximum Gasteiger partial charge on any atom is 0.317 e. The third-order valence-corrected chi connectivity index (χ3v) is 5.32. The molecule has 1 amide bonds. The smallest absolute Gasteiger partial charge is 0.317 e. The summed E-state index contributed by atoms with van der Waals surface area (Å²) in [6.07, 6.45) is 0. The van der Waals surface area contributed by atoms with E-state index in [1.165, 1.54) is 34.1 Å². The number of rotatable bonds is 19. The highest BCUT2D eigenvalue weighted by atomic mass is 32.2. The lowest BCUT2D eigenvalue weighted by Gasteiger charge is -2.20. The number of benzene rings is 1. The van der Waals surface area contributed by atoms with Crippen LogP contribution in [0.25, 0.3) is 0 Å². The zero-order valence-electron chi connectivity index (χ0n) is 19.4. The van der Waals surface area contributed by atoms with Gasteiger partial charge in [0.15, 0.2) is 0 Å². The second-order valence-corrected chi connectivity index (χ2v) is 9.01. The van der Waals surface area contributed by atoms with Crippen LogP contribution in [-0.4, -0.2) is 123 Å². The van der Waals surface area contributed by atoms with Crippen LogP contribution < -0.4 is 10.5 Å². The first kappa shape index (κ1) is 30.9. The normalized spacial score (nSPS) is 11.5. The van der Waals surface area contributed by atoms with E-state index in [9.17, 15) is 27.6 Å². The Morgan fingerprint density at radius 2 is 1.17 bits per heavy atom. The number of carboxylic acids is 3. The molecule has 16 heteroatoms. The Bertz CT molecular complexity index is 970. The largest absolute Gasteiger partial charge is 0.480 e. The Kier molecular flexibility index (Phi) is 13.5. The number of nitrogens with two attached hydrogens (primary N) is 1. The summed E-state index contributed by atoms with van der Waals surface area (Å²) in [6.45, 7) is -0.847. The van der Waals surface area contributed by atoms with E-state index < -0.39 is 53.5 Å². The van der Waals surface area contributed by atoms with Crippen molar-refractivity contribution in [1.29, 1.82) is 0 Å². The maximum absolute atomic E-state index is 12.3. The average molecular weight is 535 g/mol. The molecule has 1 aromatic carbocycles. The Morgan fingerprint density at radius 1 is 0.750 bits per heavy atom.